The molecule has 186 valence electrons. The maximum absolute atomic E-state index is 12.6. The average Bonchev–Trinajstić information content (AvgIpc) is 2.80. The molecule has 2 atom stereocenters. The second kappa shape index (κ2) is 12.4. The number of unbranched alkanes of at least 4 members (excludes halogenated alkanes) is 8. The Morgan fingerprint density at radius 1 is 0.882 bits per heavy atom. The summed E-state index contributed by atoms with van der Waals surface area (Å²) in [6.45, 7) is 2.21. The fraction of sp³-hybridized carbons (Fsp3) is 0.519. The Bertz CT molecular complexity index is 956. The number of phenolic OH excluding ortho intramolecular Hbond substituents is 4. The van der Waals surface area contributed by atoms with Crippen LogP contribution in [-0.4, -0.2) is 32.5 Å². The van der Waals surface area contributed by atoms with Gasteiger partial charge in [-0.15, -0.1) is 0 Å². The van der Waals surface area contributed by atoms with E-state index < -0.39 is 12.2 Å². The zero-order valence-electron chi connectivity index (χ0n) is 19.8. The van der Waals surface area contributed by atoms with Gasteiger partial charge in [-0.05, 0) is 18.6 Å². The molecule has 0 aromatic heterocycles. The summed E-state index contributed by atoms with van der Waals surface area (Å²) in [7, 11) is 0. The Balaban J connectivity index is 1.59. The van der Waals surface area contributed by atoms with E-state index in [1.165, 1.54) is 62.8 Å². The third-order valence-electron chi connectivity index (χ3n) is 6.26. The minimum Gasteiger partial charge on any atom is -0.508 e. The Hall–Kier alpha value is -3.09. The van der Waals surface area contributed by atoms with Crippen molar-refractivity contribution in [3.8, 4) is 28.7 Å². The first-order valence-electron chi connectivity index (χ1n) is 12.3. The Morgan fingerprint density at radius 3 is 2.24 bits per heavy atom. The molecule has 4 N–H and O–H groups in total. The van der Waals surface area contributed by atoms with E-state index in [1.54, 1.807) is 6.07 Å². The number of phenols is 4. The quantitative estimate of drug-likeness (QED) is 0.170. The summed E-state index contributed by atoms with van der Waals surface area (Å²) in [5.41, 5.74) is 0.947. The van der Waals surface area contributed by atoms with Gasteiger partial charge in [0, 0.05) is 36.1 Å². The van der Waals surface area contributed by atoms with E-state index in [-0.39, 0.29) is 41.1 Å². The number of fused-ring (bicyclic) bond motifs is 1. The lowest BCUT2D eigenvalue weighted by Crippen LogP contribution is -2.34. The van der Waals surface area contributed by atoms with E-state index in [2.05, 4.69) is 6.92 Å². The van der Waals surface area contributed by atoms with Crippen molar-refractivity contribution >= 4 is 5.97 Å². The van der Waals surface area contributed by atoms with Gasteiger partial charge < -0.3 is 29.9 Å². The molecule has 0 unspecified atom stereocenters. The predicted molar refractivity (Wildman–Crippen MR) is 128 cm³/mol. The number of rotatable bonds is 12. The van der Waals surface area contributed by atoms with Crippen molar-refractivity contribution in [2.75, 3.05) is 0 Å². The van der Waals surface area contributed by atoms with Crippen LogP contribution in [0, 0.1) is 0 Å². The van der Waals surface area contributed by atoms with E-state index in [9.17, 15) is 25.2 Å². The highest BCUT2D eigenvalue weighted by atomic mass is 16.6. The zero-order valence-corrected chi connectivity index (χ0v) is 19.8. The first-order valence-corrected chi connectivity index (χ1v) is 12.3. The average molecular weight is 473 g/mol. The second-order valence-electron chi connectivity index (χ2n) is 9.04. The molecule has 7 nitrogen and oxygen atoms in total. The molecule has 0 bridgehead atoms. The van der Waals surface area contributed by atoms with Crippen LogP contribution in [0.2, 0.25) is 0 Å². The maximum atomic E-state index is 12.6. The lowest BCUT2D eigenvalue weighted by molar-refractivity contribution is -0.155. The van der Waals surface area contributed by atoms with Crippen molar-refractivity contribution in [2.45, 2.75) is 89.8 Å². The van der Waals surface area contributed by atoms with Crippen LogP contribution in [0.4, 0.5) is 0 Å². The SMILES string of the molecule is CCCCCCCCCCCC(=O)O[C@H]1Cc2c(O)cc(O)cc2O[C@@H]1c1ccc(O)c(O)c1. The van der Waals surface area contributed by atoms with Gasteiger partial charge in [0.2, 0.25) is 0 Å². The number of esters is 1. The molecule has 1 aliphatic heterocycles. The molecule has 0 fully saturated rings. The van der Waals surface area contributed by atoms with Crippen LogP contribution in [0.15, 0.2) is 30.3 Å². The van der Waals surface area contributed by atoms with Crippen LogP contribution < -0.4 is 4.74 Å². The third kappa shape index (κ3) is 6.95. The number of hydrogen-bond acceptors (Lipinski definition) is 7. The van der Waals surface area contributed by atoms with Gasteiger partial charge in [0.1, 0.15) is 23.4 Å². The topological polar surface area (TPSA) is 116 Å². The molecule has 0 aliphatic carbocycles. The molecule has 7 heteroatoms. The number of carbonyl (C=O) groups is 1. The van der Waals surface area contributed by atoms with E-state index in [0.29, 0.717) is 17.5 Å². The summed E-state index contributed by atoms with van der Waals surface area (Å²) in [4.78, 5) is 12.6. The Kier molecular flexibility index (Phi) is 9.31. The van der Waals surface area contributed by atoms with Crippen molar-refractivity contribution in [3.63, 3.8) is 0 Å². The van der Waals surface area contributed by atoms with E-state index >= 15 is 0 Å². The number of aromatic hydroxyl groups is 4. The van der Waals surface area contributed by atoms with Gasteiger partial charge in [0.15, 0.2) is 17.6 Å². The summed E-state index contributed by atoms with van der Waals surface area (Å²) in [6, 6.07) is 6.88. The highest BCUT2D eigenvalue weighted by Crippen LogP contribution is 2.43. The minimum atomic E-state index is -0.771. The summed E-state index contributed by atoms with van der Waals surface area (Å²) in [5, 5.41) is 39.7. The van der Waals surface area contributed by atoms with E-state index in [0.717, 1.165) is 19.3 Å². The van der Waals surface area contributed by atoms with Crippen LogP contribution in [0.5, 0.6) is 28.7 Å². The van der Waals surface area contributed by atoms with Crippen molar-refractivity contribution in [1.82, 2.24) is 0 Å². The molecule has 1 heterocycles. The fourth-order valence-corrected chi connectivity index (χ4v) is 4.36. The predicted octanol–water partition coefficient (Wildman–Crippen LogP) is 6.02. The van der Waals surface area contributed by atoms with Gasteiger partial charge >= 0.3 is 5.97 Å². The molecule has 0 saturated carbocycles. The molecule has 34 heavy (non-hydrogen) atoms. The highest BCUT2D eigenvalue weighted by molar-refractivity contribution is 5.69. The molecule has 2 aromatic rings. The summed E-state index contributed by atoms with van der Waals surface area (Å²) < 4.78 is 11.8. The molecule has 2 aromatic carbocycles. The largest absolute Gasteiger partial charge is 0.508 e. The maximum Gasteiger partial charge on any atom is 0.306 e. The molecule has 0 radical (unpaired) electrons. The number of hydrogen-bond donors (Lipinski definition) is 4. The molecule has 3 rings (SSSR count). The summed E-state index contributed by atoms with van der Waals surface area (Å²) >= 11 is 0. The molecule has 0 spiro atoms. The van der Waals surface area contributed by atoms with Crippen molar-refractivity contribution < 1.29 is 34.7 Å². The van der Waals surface area contributed by atoms with Gasteiger partial charge in [-0.1, -0.05) is 64.4 Å². The van der Waals surface area contributed by atoms with Gasteiger partial charge in [0.05, 0.1) is 0 Å². The van der Waals surface area contributed by atoms with Crippen LogP contribution >= 0.6 is 0 Å². The lowest BCUT2D eigenvalue weighted by atomic mass is 9.93. The second-order valence-corrected chi connectivity index (χ2v) is 9.04. The normalized spacial score (nSPS) is 17.1. The van der Waals surface area contributed by atoms with E-state index in [4.69, 9.17) is 9.47 Å². The molecular formula is C27H36O7. The lowest BCUT2D eigenvalue weighted by Gasteiger charge is -2.34. The summed E-state index contributed by atoms with van der Waals surface area (Å²) in [5.74, 6) is -0.932. The molecule has 0 amide bonds. The van der Waals surface area contributed by atoms with E-state index in [1.807, 2.05) is 0 Å². The Morgan fingerprint density at radius 2 is 1.56 bits per heavy atom. The molecule has 0 saturated heterocycles. The van der Waals surface area contributed by atoms with Gasteiger partial charge in [0.25, 0.3) is 0 Å². The number of benzene rings is 2. The minimum absolute atomic E-state index is 0.137. The summed E-state index contributed by atoms with van der Waals surface area (Å²) in [6.07, 6.45) is 9.35. The van der Waals surface area contributed by atoms with Crippen molar-refractivity contribution in [3.05, 3.63) is 41.5 Å². The van der Waals surface area contributed by atoms with Gasteiger partial charge in [-0.2, -0.15) is 0 Å². The van der Waals surface area contributed by atoms with Crippen molar-refractivity contribution in [1.29, 1.82) is 0 Å². The van der Waals surface area contributed by atoms with Crippen LogP contribution in [-0.2, 0) is 16.0 Å². The van der Waals surface area contributed by atoms with Crippen LogP contribution in [0.1, 0.15) is 88.4 Å². The number of carbonyl (C=O) groups excluding carboxylic acids is 1. The molecule has 1 aliphatic rings. The smallest absolute Gasteiger partial charge is 0.306 e. The number of ether oxygens (including phenoxy) is 2. The monoisotopic (exact) mass is 472 g/mol. The highest BCUT2D eigenvalue weighted by Gasteiger charge is 2.36. The van der Waals surface area contributed by atoms with Crippen molar-refractivity contribution in [2.24, 2.45) is 0 Å². The van der Waals surface area contributed by atoms with Crippen LogP contribution in [0.25, 0.3) is 0 Å². The van der Waals surface area contributed by atoms with Gasteiger partial charge in [-0.3, -0.25) is 4.79 Å². The first-order chi connectivity index (χ1) is 16.4. The molecular weight excluding hydrogens is 436 g/mol. The third-order valence-corrected chi connectivity index (χ3v) is 6.26. The zero-order chi connectivity index (χ0) is 24.5. The standard InChI is InChI=1S/C27H36O7/c1-2-3-4-5-6-7-8-9-10-11-26(32)33-25-17-20-22(30)15-19(28)16-24(20)34-27(25)18-12-13-21(29)23(31)14-18/h12-16,25,27-31H,2-11,17H2,1H3/t25-,27+/m0/s1. The van der Waals surface area contributed by atoms with Crippen LogP contribution in [0.3, 0.4) is 0 Å². The Labute approximate surface area is 201 Å². The van der Waals surface area contributed by atoms with Gasteiger partial charge in [-0.25, -0.2) is 0 Å². The fourth-order valence-electron chi connectivity index (χ4n) is 4.36. The first kappa shape index (κ1) is 25.5.